The molecular weight excluding hydrogens is 925 g/mol. The number of rotatable bonds is 35. The van der Waals surface area contributed by atoms with Crippen LogP contribution in [0.15, 0.2) is 54.6 Å². The first-order valence-electron chi connectivity index (χ1n) is 23.1. The van der Waals surface area contributed by atoms with Crippen LogP contribution in [0.25, 0.3) is 11.1 Å². The molecule has 70 heavy (non-hydrogen) atoms. The molecule has 2 aromatic rings. The Morgan fingerprint density at radius 3 is 1.77 bits per heavy atom. The lowest BCUT2D eigenvalue weighted by atomic mass is 9.88. The number of alkyl carbamates (subject to hydrolysis) is 1. The normalized spacial score (nSPS) is 18.9. The topological polar surface area (TPSA) is 318 Å². The second kappa shape index (κ2) is 32.9. The summed E-state index contributed by atoms with van der Waals surface area (Å²) in [5.74, 6) is -5.93. The summed E-state index contributed by atoms with van der Waals surface area (Å²) < 4.78 is 49.0. The van der Waals surface area contributed by atoms with Crippen molar-refractivity contribution in [1.29, 1.82) is 0 Å². The van der Waals surface area contributed by atoms with Gasteiger partial charge in [0.25, 0.3) is 5.79 Å². The van der Waals surface area contributed by atoms with E-state index in [1.54, 1.807) is 32.9 Å². The highest BCUT2D eigenvalue weighted by Crippen LogP contribution is 2.33. The largest absolute Gasteiger partial charge is 0.477 e. The van der Waals surface area contributed by atoms with Crippen LogP contribution in [0.1, 0.15) is 39.2 Å². The number of aliphatic hydroxyl groups excluding tert-OH is 4. The first kappa shape index (κ1) is 59.4. The third-order valence-electron chi connectivity index (χ3n) is 10.0. The smallest absolute Gasteiger partial charge is 0.407 e. The molecule has 0 saturated carbocycles. The number of carbonyl (C=O) groups is 5. The fourth-order valence-corrected chi connectivity index (χ4v) is 6.60. The SMILES string of the molecule is CC(C)(C)OC(=O)NCCOCCOCCOCCOCCC(=O)NCCOCCOCCOC1(C(=O)O)CC(O)C(NC(=O)CO)C([C@H](O)[C@H](O)CNC(=O)Cc2ccc(-c3ccccc3)cc2)O1. The van der Waals surface area contributed by atoms with Crippen molar-refractivity contribution in [3.63, 3.8) is 0 Å². The minimum atomic E-state index is -2.56. The lowest BCUT2D eigenvalue weighted by Crippen LogP contribution is -2.68. The quantitative estimate of drug-likeness (QED) is 0.0385. The minimum Gasteiger partial charge on any atom is -0.477 e. The number of benzene rings is 2. The summed E-state index contributed by atoms with van der Waals surface area (Å²) in [4.78, 5) is 61.1. The molecule has 1 aliphatic rings. The van der Waals surface area contributed by atoms with Crippen molar-refractivity contribution in [2.75, 3.05) is 112 Å². The maximum Gasteiger partial charge on any atom is 0.407 e. The summed E-state index contributed by atoms with van der Waals surface area (Å²) in [7, 11) is 0. The average molecular weight is 997 g/mol. The van der Waals surface area contributed by atoms with Crippen LogP contribution >= 0.6 is 0 Å². The van der Waals surface area contributed by atoms with Gasteiger partial charge in [-0.25, -0.2) is 9.59 Å². The number of aliphatic hydroxyl groups is 4. The zero-order valence-electron chi connectivity index (χ0n) is 40.2. The second-order valence-corrected chi connectivity index (χ2v) is 16.8. The van der Waals surface area contributed by atoms with Gasteiger partial charge in [-0.15, -0.1) is 0 Å². The van der Waals surface area contributed by atoms with E-state index in [2.05, 4.69) is 21.3 Å². The molecule has 1 saturated heterocycles. The molecule has 4 amide bonds. The van der Waals surface area contributed by atoms with Crippen LogP contribution in [0.2, 0.25) is 0 Å². The van der Waals surface area contributed by atoms with Gasteiger partial charge in [-0.2, -0.15) is 0 Å². The molecule has 0 spiro atoms. The van der Waals surface area contributed by atoms with Gasteiger partial charge in [-0.3, -0.25) is 14.4 Å². The Morgan fingerprint density at radius 1 is 0.686 bits per heavy atom. The predicted molar refractivity (Wildman–Crippen MR) is 248 cm³/mol. The average Bonchev–Trinajstić information content (AvgIpc) is 3.32. The van der Waals surface area contributed by atoms with E-state index in [1.165, 1.54) is 0 Å². The molecule has 9 N–H and O–H groups in total. The number of carbonyl (C=O) groups excluding carboxylic acids is 4. The summed E-state index contributed by atoms with van der Waals surface area (Å²) in [5, 5.41) is 62.7. The number of hydrogen-bond donors (Lipinski definition) is 9. The van der Waals surface area contributed by atoms with E-state index in [-0.39, 0.29) is 64.9 Å². The number of aliphatic carboxylic acids is 1. The van der Waals surface area contributed by atoms with Crippen LogP contribution in [0.4, 0.5) is 4.79 Å². The molecule has 3 rings (SSSR count). The zero-order chi connectivity index (χ0) is 51.2. The fourth-order valence-electron chi connectivity index (χ4n) is 6.60. The van der Waals surface area contributed by atoms with E-state index >= 15 is 0 Å². The third kappa shape index (κ3) is 23.8. The van der Waals surface area contributed by atoms with Gasteiger partial charge in [0.05, 0.1) is 111 Å². The van der Waals surface area contributed by atoms with E-state index in [0.29, 0.717) is 58.4 Å². The Labute approximate surface area is 407 Å². The Kier molecular flexibility index (Phi) is 27.9. The van der Waals surface area contributed by atoms with Crippen molar-refractivity contribution in [2.45, 2.75) is 81.9 Å². The van der Waals surface area contributed by atoms with Crippen molar-refractivity contribution < 1.29 is 92.1 Å². The molecule has 23 heteroatoms. The molecule has 2 aromatic carbocycles. The van der Waals surface area contributed by atoms with Crippen LogP contribution in [0, 0.1) is 0 Å². The summed E-state index contributed by atoms with van der Waals surface area (Å²) in [5.41, 5.74) is 2.09. The highest BCUT2D eigenvalue weighted by molar-refractivity contribution is 5.79. The van der Waals surface area contributed by atoms with Gasteiger partial charge in [-0.1, -0.05) is 54.6 Å². The fraction of sp³-hybridized carbons (Fsp3) is 0.638. The molecular formula is C47H72N4O19. The van der Waals surface area contributed by atoms with E-state index in [9.17, 15) is 49.5 Å². The van der Waals surface area contributed by atoms with Gasteiger partial charge < -0.3 is 89.4 Å². The van der Waals surface area contributed by atoms with Gasteiger partial charge >= 0.3 is 12.1 Å². The standard InChI is InChI=1S/C47H72N4O19/c1-46(2,3)70-45(61)49-15-18-64-20-23-66-26-25-65-22-19-62-16-13-38(55)48-14-17-63-21-24-67-27-28-68-47(44(59)60)30-36(53)41(51-40(57)32-52)43(69-47)42(58)37(54)31-50-39(56)29-33-9-11-35(12-10-33)34-7-5-4-6-8-34/h4-12,36-37,41-43,52-54,58H,13-32H2,1-3H3,(H,48,55)(H,49,61)(H,50,56)(H,51,57)(H,59,60)/t36?,37-,41?,42-,43?,47?/m1/s1. The van der Waals surface area contributed by atoms with Crippen molar-refractivity contribution in [3.8, 4) is 11.1 Å². The monoisotopic (exact) mass is 996 g/mol. The van der Waals surface area contributed by atoms with E-state index in [1.807, 2.05) is 42.5 Å². The molecule has 1 fully saturated rings. The zero-order valence-corrected chi connectivity index (χ0v) is 40.2. The van der Waals surface area contributed by atoms with Gasteiger partial charge in [0, 0.05) is 32.5 Å². The molecule has 1 heterocycles. The van der Waals surface area contributed by atoms with Gasteiger partial charge in [0.15, 0.2) is 0 Å². The number of carboxylic acids is 1. The summed E-state index contributed by atoms with van der Waals surface area (Å²) in [6.07, 6.45) is -8.37. The third-order valence-corrected chi connectivity index (χ3v) is 10.0. The first-order chi connectivity index (χ1) is 33.5. The number of hydrogen-bond acceptors (Lipinski definition) is 18. The second-order valence-electron chi connectivity index (χ2n) is 16.8. The van der Waals surface area contributed by atoms with Crippen molar-refractivity contribution in [1.82, 2.24) is 21.3 Å². The highest BCUT2D eigenvalue weighted by Gasteiger charge is 2.55. The molecule has 1 aliphatic heterocycles. The predicted octanol–water partition coefficient (Wildman–Crippen LogP) is -0.711. The van der Waals surface area contributed by atoms with Crippen molar-refractivity contribution in [3.05, 3.63) is 60.2 Å². The number of amides is 4. The minimum absolute atomic E-state index is 0.0520. The Bertz CT molecular complexity index is 1820. The van der Waals surface area contributed by atoms with Gasteiger partial charge in [0.1, 0.15) is 24.4 Å². The van der Waals surface area contributed by atoms with Crippen molar-refractivity contribution in [2.24, 2.45) is 0 Å². The van der Waals surface area contributed by atoms with E-state index in [0.717, 1.165) is 11.1 Å². The maximum atomic E-state index is 12.8. The molecule has 23 nitrogen and oxygen atoms in total. The Morgan fingerprint density at radius 2 is 1.21 bits per heavy atom. The van der Waals surface area contributed by atoms with Crippen LogP contribution < -0.4 is 21.3 Å². The number of carboxylic acid groups (broad SMARTS) is 1. The highest BCUT2D eigenvalue weighted by atomic mass is 16.7. The van der Waals surface area contributed by atoms with E-state index in [4.69, 9.17) is 42.6 Å². The van der Waals surface area contributed by atoms with Crippen LogP contribution in [-0.4, -0.2) is 209 Å². The lowest BCUT2D eigenvalue weighted by molar-refractivity contribution is -0.312. The maximum absolute atomic E-state index is 12.8. The summed E-state index contributed by atoms with van der Waals surface area (Å²) in [6, 6.07) is 15.5. The molecule has 0 bridgehead atoms. The number of ether oxygens (including phenoxy) is 9. The summed E-state index contributed by atoms with van der Waals surface area (Å²) >= 11 is 0. The van der Waals surface area contributed by atoms with Crippen LogP contribution in [-0.2, 0) is 68.2 Å². The molecule has 0 radical (unpaired) electrons. The first-order valence-corrected chi connectivity index (χ1v) is 23.1. The molecule has 6 atom stereocenters. The molecule has 0 aromatic heterocycles. The van der Waals surface area contributed by atoms with Gasteiger partial charge in [0.2, 0.25) is 17.7 Å². The van der Waals surface area contributed by atoms with Crippen LogP contribution in [0.5, 0.6) is 0 Å². The van der Waals surface area contributed by atoms with Gasteiger partial charge in [-0.05, 0) is 37.5 Å². The molecule has 4 unspecified atom stereocenters. The van der Waals surface area contributed by atoms with Crippen molar-refractivity contribution >= 4 is 29.8 Å². The molecule has 0 aliphatic carbocycles. The number of nitrogens with one attached hydrogen (secondary N) is 4. The Hall–Kier alpha value is -4.89. The summed E-state index contributed by atoms with van der Waals surface area (Å²) in [6.45, 7) is 6.92. The van der Waals surface area contributed by atoms with E-state index < -0.39 is 85.3 Å². The molecule has 394 valence electrons. The van der Waals surface area contributed by atoms with Crippen LogP contribution in [0.3, 0.4) is 0 Å². The lowest BCUT2D eigenvalue weighted by Gasteiger charge is -2.46. The Balaban J connectivity index is 1.25.